The monoisotopic (exact) mass is 338 g/mol. The molecule has 2 rings (SSSR count). The molecule has 0 radical (unpaired) electrons. The maximum absolute atomic E-state index is 13.8. The van der Waals surface area contributed by atoms with Crippen LogP contribution in [0.5, 0.6) is 0 Å². The van der Waals surface area contributed by atoms with Crippen molar-refractivity contribution in [2.45, 2.75) is 13.5 Å². The molecule has 106 valence electrons. The molecular weight excluding hydrogens is 323 g/mol. The van der Waals surface area contributed by atoms with Gasteiger partial charge in [-0.25, -0.2) is 9.37 Å². The molecule has 6 heteroatoms. The molecular formula is C14H16BrFN4. The summed E-state index contributed by atoms with van der Waals surface area (Å²) in [6.07, 6.45) is 1.19. The summed E-state index contributed by atoms with van der Waals surface area (Å²) in [4.78, 5) is 9.86. The molecule has 0 unspecified atom stereocenters. The fourth-order valence-electron chi connectivity index (χ4n) is 1.81. The van der Waals surface area contributed by atoms with E-state index in [4.69, 9.17) is 0 Å². The normalized spacial score (nSPS) is 10.4. The van der Waals surface area contributed by atoms with Crippen LogP contribution in [-0.2, 0) is 6.54 Å². The van der Waals surface area contributed by atoms with E-state index in [1.54, 1.807) is 4.90 Å². The van der Waals surface area contributed by atoms with Crippen molar-refractivity contribution in [2.75, 3.05) is 23.8 Å². The van der Waals surface area contributed by atoms with Crippen LogP contribution in [0.1, 0.15) is 12.5 Å². The highest BCUT2D eigenvalue weighted by atomic mass is 79.9. The predicted molar refractivity (Wildman–Crippen MR) is 82.4 cm³/mol. The Labute approximate surface area is 126 Å². The molecule has 0 saturated carbocycles. The first-order chi connectivity index (χ1) is 9.60. The van der Waals surface area contributed by atoms with Gasteiger partial charge in [0.15, 0.2) is 11.6 Å². The van der Waals surface area contributed by atoms with Gasteiger partial charge in [-0.1, -0.05) is 28.1 Å². The summed E-state index contributed by atoms with van der Waals surface area (Å²) in [6.45, 7) is 3.21. The molecule has 0 spiro atoms. The predicted octanol–water partition coefficient (Wildman–Crippen LogP) is 3.45. The summed E-state index contributed by atoms with van der Waals surface area (Å²) in [5.74, 6) is 0.302. The zero-order chi connectivity index (χ0) is 14.5. The minimum absolute atomic E-state index is 0.291. The molecule has 0 aliphatic rings. The summed E-state index contributed by atoms with van der Waals surface area (Å²) in [7, 11) is 1.81. The van der Waals surface area contributed by atoms with Crippen molar-refractivity contribution in [2.24, 2.45) is 0 Å². The lowest BCUT2D eigenvalue weighted by molar-refractivity contribution is 0.607. The fourth-order valence-corrected chi connectivity index (χ4v) is 2.07. The van der Waals surface area contributed by atoms with E-state index in [9.17, 15) is 4.39 Å². The van der Waals surface area contributed by atoms with E-state index in [2.05, 4.69) is 31.2 Å². The Kier molecular flexibility index (Phi) is 4.89. The number of halogens is 2. The largest absolute Gasteiger partial charge is 0.354 e. The van der Waals surface area contributed by atoms with Gasteiger partial charge >= 0.3 is 0 Å². The van der Waals surface area contributed by atoms with E-state index in [0.717, 1.165) is 10.0 Å². The quantitative estimate of drug-likeness (QED) is 0.906. The topological polar surface area (TPSA) is 41.1 Å². The van der Waals surface area contributed by atoms with Gasteiger partial charge in [-0.05, 0) is 24.6 Å². The van der Waals surface area contributed by atoms with Crippen molar-refractivity contribution in [3.63, 3.8) is 0 Å². The second-order valence-electron chi connectivity index (χ2n) is 4.38. The van der Waals surface area contributed by atoms with Crippen LogP contribution in [0, 0.1) is 5.82 Å². The summed E-state index contributed by atoms with van der Waals surface area (Å²) in [6, 6.07) is 7.91. The molecule has 0 fully saturated rings. The second-order valence-corrected chi connectivity index (χ2v) is 5.29. The third kappa shape index (κ3) is 3.66. The smallest absolute Gasteiger partial charge is 0.224 e. The second kappa shape index (κ2) is 6.65. The molecule has 0 bridgehead atoms. The standard InChI is InChI=1S/C14H16BrFN4/c1-3-17-14-18-8-12(16)13(19-14)20(2)9-10-4-6-11(15)7-5-10/h4-8H,3,9H2,1-2H3,(H,17,18,19). The first-order valence-electron chi connectivity index (χ1n) is 6.32. The van der Waals surface area contributed by atoms with Gasteiger partial charge in [0.2, 0.25) is 5.95 Å². The van der Waals surface area contributed by atoms with Gasteiger partial charge in [0.05, 0.1) is 6.20 Å². The average Bonchev–Trinajstić information content (AvgIpc) is 2.43. The van der Waals surface area contributed by atoms with Crippen molar-refractivity contribution in [3.05, 3.63) is 46.3 Å². The number of rotatable bonds is 5. The Morgan fingerprint density at radius 3 is 2.65 bits per heavy atom. The molecule has 4 nitrogen and oxygen atoms in total. The number of hydrogen-bond donors (Lipinski definition) is 1. The van der Waals surface area contributed by atoms with Gasteiger partial charge in [-0.2, -0.15) is 4.98 Å². The van der Waals surface area contributed by atoms with Gasteiger partial charge in [0, 0.05) is 24.6 Å². The molecule has 1 N–H and O–H groups in total. The van der Waals surface area contributed by atoms with Gasteiger partial charge in [0.25, 0.3) is 0 Å². The minimum atomic E-state index is -0.425. The summed E-state index contributed by atoms with van der Waals surface area (Å²) in [5, 5.41) is 2.98. The Hall–Kier alpha value is -1.69. The van der Waals surface area contributed by atoms with Crippen LogP contribution in [0.15, 0.2) is 34.9 Å². The van der Waals surface area contributed by atoms with Gasteiger partial charge in [-0.15, -0.1) is 0 Å². The molecule has 0 aliphatic heterocycles. The third-order valence-corrected chi connectivity index (χ3v) is 3.28. The number of anilines is 2. The number of nitrogens with one attached hydrogen (secondary N) is 1. The average molecular weight is 339 g/mol. The number of benzene rings is 1. The van der Waals surface area contributed by atoms with Crippen molar-refractivity contribution in [3.8, 4) is 0 Å². The highest BCUT2D eigenvalue weighted by Gasteiger charge is 2.12. The van der Waals surface area contributed by atoms with E-state index in [1.807, 2.05) is 38.2 Å². The lowest BCUT2D eigenvalue weighted by Crippen LogP contribution is -2.20. The highest BCUT2D eigenvalue weighted by molar-refractivity contribution is 9.10. The molecule has 2 aromatic rings. The SMILES string of the molecule is CCNc1ncc(F)c(N(C)Cc2ccc(Br)cc2)n1. The maximum Gasteiger partial charge on any atom is 0.224 e. The van der Waals surface area contributed by atoms with Crippen LogP contribution in [0.3, 0.4) is 0 Å². The lowest BCUT2D eigenvalue weighted by atomic mass is 10.2. The Balaban J connectivity index is 2.17. The van der Waals surface area contributed by atoms with Crippen molar-refractivity contribution < 1.29 is 4.39 Å². The molecule has 0 atom stereocenters. The van der Waals surface area contributed by atoms with Crippen molar-refractivity contribution in [1.29, 1.82) is 0 Å². The summed E-state index contributed by atoms with van der Waals surface area (Å²) < 4.78 is 14.8. The number of nitrogens with zero attached hydrogens (tertiary/aromatic N) is 3. The Morgan fingerprint density at radius 1 is 1.30 bits per heavy atom. The molecule has 0 saturated heterocycles. The Bertz CT molecular complexity index is 574. The van der Waals surface area contributed by atoms with Crippen LogP contribution in [0.2, 0.25) is 0 Å². The van der Waals surface area contributed by atoms with Gasteiger partial charge < -0.3 is 10.2 Å². The van der Waals surface area contributed by atoms with E-state index in [1.165, 1.54) is 6.20 Å². The van der Waals surface area contributed by atoms with Crippen LogP contribution >= 0.6 is 15.9 Å². The van der Waals surface area contributed by atoms with Crippen LogP contribution in [0.25, 0.3) is 0 Å². The van der Waals surface area contributed by atoms with E-state index >= 15 is 0 Å². The molecule has 1 heterocycles. The third-order valence-electron chi connectivity index (χ3n) is 2.76. The van der Waals surface area contributed by atoms with Crippen LogP contribution in [0.4, 0.5) is 16.2 Å². The molecule has 1 aromatic heterocycles. The lowest BCUT2D eigenvalue weighted by Gasteiger charge is -2.19. The van der Waals surface area contributed by atoms with E-state index < -0.39 is 5.82 Å². The van der Waals surface area contributed by atoms with Crippen LogP contribution < -0.4 is 10.2 Å². The number of hydrogen-bond acceptors (Lipinski definition) is 4. The molecule has 1 aromatic carbocycles. The minimum Gasteiger partial charge on any atom is -0.354 e. The van der Waals surface area contributed by atoms with Crippen LogP contribution in [-0.4, -0.2) is 23.6 Å². The first-order valence-corrected chi connectivity index (χ1v) is 7.11. The fraction of sp³-hybridized carbons (Fsp3) is 0.286. The first kappa shape index (κ1) is 14.7. The van der Waals surface area contributed by atoms with Gasteiger partial charge in [-0.3, -0.25) is 0 Å². The van der Waals surface area contributed by atoms with Crippen molar-refractivity contribution in [1.82, 2.24) is 9.97 Å². The summed E-state index contributed by atoms with van der Waals surface area (Å²) in [5.41, 5.74) is 1.08. The van der Waals surface area contributed by atoms with Crippen molar-refractivity contribution >= 4 is 27.7 Å². The zero-order valence-electron chi connectivity index (χ0n) is 11.4. The molecule has 0 aliphatic carbocycles. The van der Waals surface area contributed by atoms with E-state index in [-0.39, 0.29) is 0 Å². The Morgan fingerprint density at radius 2 is 2.00 bits per heavy atom. The maximum atomic E-state index is 13.8. The van der Waals surface area contributed by atoms with E-state index in [0.29, 0.717) is 24.9 Å². The molecule has 0 amide bonds. The zero-order valence-corrected chi connectivity index (χ0v) is 13.0. The molecule has 20 heavy (non-hydrogen) atoms. The summed E-state index contributed by atoms with van der Waals surface area (Å²) >= 11 is 3.39. The number of aromatic nitrogens is 2. The highest BCUT2D eigenvalue weighted by Crippen LogP contribution is 2.19. The van der Waals surface area contributed by atoms with Gasteiger partial charge in [0.1, 0.15) is 0 Å².